The molecule has 0 atom stereocenters. The number of aromatic nitrogens is 2. The lowest BCUT2D eigenvalue weighted by Gasteiger charge is -2.11. The van der Waals surface area contributed by atoms with E-state index in [1.807, 2.05) is 0 Å². The lowest BCUT2D eigenvalue weighted by Crippen LogP contribution is -2.23. The lowest BCUT2D eigenvalue weighted by atomic mass is 10.1. The van der Waals surface area contributed by atoms with Gasteiger partial charge in [-0.05, 0) is 36.1 Å². The van der Waals surface area contributed by atoms with Crippen molar-refractivity contribution in [1.82, 2.24) is 15.4 Å². The summed E-state index contributed by atoms with van der Waals surface area (Å²) in [5.74, 6) is 0. The molecule has 8 nitrogen and oxygen atoms in total. The van der Waals surface area contributed by atoms with Gasteiger partial charge < -0.3 is 5.73 Å². The Morgan fingerprint density at radius 2 is 1.91 bits per heavy atom. The molecule has 1 aromatic heterocycles. The molecule has 0 bridgehead atoms. The summed E-state index contributed by atoms with van der Waals surface area (Å²) >= 11 is 5.26. The number of nitrogens with one attached hydrogen (secondary N) is 1. The Bertz CT molecular complexity index is 1190. The molecule has 164 valence electrons. The zero-order chi connectivity index (χ0) is 23.3. The Balaban J connectivity index is 2.01. The fourth-order valence-electron chi connectivity index (χ4n) is 2.49. The molecule has 0 aliphatic heterocycles. The van der Waals surface area contributed by atoms with Crippen molar-refractivity contribution >= 4 is 41.0 Å². The zero-order valence-electron chi connectivity index (χ0n) is 15.9. The van der Waals surface area contributed by atoms with Gasteiger partial charge in [-0.15, -0.1) is 0 Å². The first kappa shape index (κ1) is 23.1. The van der Waals surface area contributed by atoms with E-state index in [1.54, 1.807) is 30.3 Å². The molecule has 0 saturated carbocycles. The van der Waals surface area contributed by atoms with Crippen LogP contribution in [0.15, 0.2) is 69.8 Å². The second-order valence-electron chi connectivity index (χ2n) is 6.11. The average molecular weight is 478 g/mol. The van der Waals surface area contributed by atoms with Crippen LogP contribution in [0.4, 0.5) is 18.9 Å². The molecule has 0 radical (unpaired) electrons. The maximum absolute atomic E-state index is 13.4. The van der Waals surface area contributed by atoms with Crippen LogP contribution in [-0.4, -0.2) is 26.2 Å². The van der Waals surface area contributed by atoms with Crippen LogP contribution < -0.4 is 11.2 Å². The number of hydrazone groups is 1. The van der Waals surface area contributed by atoms with Crippen molar-refractivity contribution in [2.24, 2.45) is 10.8 Å². The molecule has 0 aliphatic carbocycles. The second-order valence-corrected chi connectivity index (χ2v) is 7.55. The SMILES string of the molecule is NC(=S)NN=Cc1ccc(Sc2nc(-c3ccccc3)cc(C(F)(F)F)n2)c([N+](=O)[O-])c1. The predicted octanol–water partition coefficient (Wildman–Crippen LogP) is 4.39. The molecular weight excluding hydrogens is 465 g/mol. The fraction of sp³-hybridized carbons (Fsp3) is 0.0526. The standard InChI is InChI=1S/C19H13F3N6O2S2/c20-19(21,22)16-9-13(12-4-2-1-3-5-12)25-18(26-16)32-15-7-6-11(8-14(15)28(29)30)10-24-27-17(23)31/h1-10H,(H3,23,27,31). The molecule has 3 N–H and O–H groups in total. The van der Waals surface area contributed by atoms with Crippen LogP contribution >= 0.6 is 24.0 Å². The van der Waals surface area contributed by atoms with Crippen LogP contribution in [0.5, 0.6) is 0 Å². The fourth-order valence-corrected chi connectivity index (χ4v) is 3.40. The maximum Gasteiger partial charge on any atom is 0.433 e. The molecule has 0 fully saturated rings. The molecule has 0 amide bonds. The van der Waals surface area contributed by atoms with Crippen LogP contribution in [0, 0.1) is 10.1 Å². The van der Waals surface area contributed by atoms with Gasteiger partial charge in [-0.1, -0.05) is 36.4 Å². The number of benzene rings is 2. The molecule has 0 spiro atoms. The minimum Gasteiger partial charge on any atom is -0.375 e. The number of nitrogens with two attached hydrogens (primary N) is 1. The highest BCUT2D eigenvalue weighted by Gasteiger charge is 2.34. The summed E-state index contributed by atoms with van der Waals surface area (Å²) in [6, 6.07) is 13.2. The third kappa shape index (κ3) is 5.98. The first-order chi connectivity index (χ1) is 15.1. The van der Waals surface area contributed by atoms with Crippen molar-refractivity contribution in [3.8, 4) is 11.3 Å². The summed E-state index contributed by atoms with van der Waals surface area (Å²) in [6.45, 7) is 0. The number of thiocarbonyl (C=S) groups is 1. The first-order valence-electron chi connectivity index (χ1n) is 8.70. The number of rotatable bonds is 6. The van der Waals surface area contributed by atoms with Crippen molar-refractivity contribution in [1.29, 1.82) is 0 Å². The average Bonchev–Trinajstić information content (AvgIpc) is 2.74. The molecule has 0 aliphatic rings. The molecule has 13 heteroatoms. The van der Waals surface area contributed by atoms with Gasteiger partial charge in [-0.25, -0.2) is 9.97 Å². The second kappa shape index (κ2) is 9.70. The normalized spacial score (nSPS) is 11.5. The number of nitro benzene ring substituents is 1. The smallest absolute Gasteiger partial charge is 0.375 e. The Morgan fingerprint density at radius 3 is 2.53 bits per heavy atom. The summed E-state index contributed by atoms with van der Waals surface area (Å²) in [5.41, 5.74) is 6.91. The summed E-state index contributed by atoms with van der Waals surface area (Å²) in [5, 5.41) is 14.9. The van der Waals surface area contributed by atoms with Gasteiger partial charge in [-0.2, -0.15) is 18.3 Å². The van der Waals surface area contributed by atoms with E-state index in [0.29, 0.717) is 22.9 Å². The molecule has 1 heterocycles. The third-order valence-corrected chi connectivity index (χ3v) is 4.86. The van der Waals surface area contributed by atoms with Crippen LogP contribution in [0.25, 0.3) is 11.3 Å². The van der Waals surface area contributed by atoms with E-state index >= 15 is 0 Å². The van der Waals surface area contributed by atoms with Gasteiger partial charge in [0.15, 0.2) is 10.3 Å². The minimum absolute atomic E-state index is 0.0469. The van der Waals surface area contributed by atoms with Gasteiger partial charge in [0, 0.05) is 17.2 Å². The molecule has 3 rings (SSSR count). The van der Waals surface area contributed by atoms with Gasteiger partial charge in [0.2, 0.25) is 0 Å². The van der Waals surface area contributed by atoms with Crippen molar-refractivity contribution in [2.75, 3.05) is 0 Å². The highest BCUT2D eigenvalue weighted by molar-refractivity contribution is 7.99. The Kier molecular flexibility index (Phi) is 7.00. The van der Waals surface area contributed by atoms with Gasteiger partial charge in [-0.3, -0.25) is 15.5 Å². The van der Waals surface area contributed by atoms with E-state index in [-0.39, 0.29) is 26.5 Å². The van der Waals surface area contributed by atoms with Crippen LogP contribution in [0.1, 0.15) is 11.3 Å². The minimum atomic E-state index is -4.72. The van der Waals surface area contributed by atoms with E-state index in [2.05, 4.69) is 32.7 Å². The van der Waals surface area contributed by atoms with Crippen LogP contribution in [-0.2, 0) is 6.18 Å². The topological polar surface area (TPSA) is 119 Å². The van der Waals surface area contributed by atoms with Crippen molar-refractivity contribution < 1.29 is 18.1 Å². The number of hydrogen-bond donors (Lipinski definition) is 2. The van der Waals surface area contributed by atoms with Gasteiger partial charge in [0.1, 0.15) is 5.69 Å². The monoisotopic (exact) mass is 478 g/mol. The molecule has 32 heavy (non-hydrogen) atoms. The predicted molar refractivity (Wildman–Crippen MR) is 117 cm³/mol. The number of nitrogens with zero attached hydrogens (tertiary/aromatic N) is 4. The van der Waals surface area contributed by atoms with E-state index < -0.39 is 16.8 Å². The Labute approximate surface area is 188 Å². The molecule has 2 aromatic carbocycles. The first-order valence-corrected chi connectivity index (χ1v) is 9.92. The highest BCUT2D eigenvalue weighted by Crippen LogP contribution is 2.37. The summed E-state index contributed by atoms with van der Waals surface area (Å²) in [7, 11) is 0. The van der Waals surface area contributed by atoms with E-state index in [0.717, 1.165) is 6.07 Å². The van der Waals surface area contributed by atoms with E-state index in [1.165, 1.54) is 24.4 Å². The van der Waals surface area contributed by atoms with Crippen molar-refractivity contribution in [2.45, 2.75) is 16.2 Å². The largest absolute Gasteiger partial charge is 0.433 e. The number of hydrogen-bond acceptors (Lipinski definition) is 7. The van der Waals surface area contributed by atoms with Crippen molar-refractivity contribution in [3.05, 3.63) is 76.0 Å². The Morgan fingerprint density at radius 1 is 1.19 bits per heavy atom. The van der Waals surface area contributed by atoms with Crippen LogP contribution in [0.3, 0.4) is 0 Å². The van der Waals surface area contributed by atoms with Crippen molar-refractivity contribution in [3.63, 3.8) is 0 Å². The summed E-state index contributed by atoms with van der Waals surface area (Å²) < 4.78 is 40.2. The van der Waals surface area contributed by atoms with Gasteiger partial charge in [0.05, 0.1) is 21.7 Å². The lowest BCUT2D eigenvalue weighted by molar-refractivity contribution is -0.387. The number of alkyl halides is 3. The summed E-state index contributed by atoms with van der Waals surface area (Å²) in [6.07, 6.45) is -3.46. The Hall–Kier alpha value is -3.58. The molecule has 0 saturated heterocycles. The van der Waals surface area contributed by atoms with E-state index in [4.69, 9.17) is 5.73 Å². The summed E-state index contributed by atoms with van der Waals surface area (Å²) in [4.78, 5) is 18.7. The zero-order valence-corrected chi connectivity index (χ0v) is 17.5. The quantitative estimate of drug-likeness (QED) is 0.176. The maximum atomic E-state index is 13.4. The highest BCUT2D eigenvalue weighted by atomic mass is 32.2. The third-order valence-electron chi connectivity index (χ3n) is 3.83. The van der Waals surface area contributed by atoms with Gasteiger partial charge in [0.25, 0.3) is 5.69 Å². The molecule has 3 aromatic rings. The van der Waals surface area contributed by atoms with Crippen LogP contribution in [0.2, 0.25) is 0 Å². The number of nitro groups is 1. The number of halogens is 3. The molecular formula is C19H13F3N6O2S2. The van der Waals surface area contributed by atoms with Gasteiger partial charge >= 0.3 is 6.18 Å². The van der Waals surface area contributed by atoms with E-state index in [9.17, 15) is 23.3 Å². The molecule has 0 unspecified atom stereocenters.